The standard InChI is InChI=1S/C29H30N2O4S/c1-19-6-5-7-23(15-19)12-13-31(36(34,35)26-10-8-24(9-11-26)22(4)32)18-25-17-27-21(3)14-20(2)16-28(27)30-29(25)33/h5-11,14-17H,12-13,18H2,1-4H3,(H,30,33). The molecule has 3 aromatic carbocycles. The number of pyridine rings is 1. The normalized spacial score (nSPS) is 11.8. The van der Waals surface area contributed by atoms with Crippen LogP contribution in [0.15, 0.2) is 76.4 Å². The van der Waals surface area contributed by atoms with Crippen LogP contribution in [-0.2, 0) is 23.0 Å². The van der Waals surface area contributed by atoms with E-state index in [1.165, 1.54) is 35.5 Å². The van der Waals surface area contributed by atoms with Gasteiger partial charge in [0, 0.05) is 35.1 Å². The number of fused-ring (bicyclic) bond motifs is 1. The van der Waals surface area contributed by atoms with E-state index < -0.39 is 10.0 Å². The van der Waals surface area contributed by atoms with E-state index in [1.807, 2.05) is 57.2 Å². The molecule has 0 spiro atoms. The minimum absolute atomic E-state index is 0.0683. The summed E-state index contributed by atoms with van der Waals surface area (Å²) in [4.78, 5) is 27.6. The Balaban J connectivity index is 1.74. The molecule has 0 aliphatic rings. The van der Waals surface area contributed by atoms with Crippen molar-refractivity contribution in [3.8, 4) is 0 Å². The maximum absolute atomic E-state index is 13.7. The molecule has 0 atom stereocenters. The van der Waals surface area contributed by atoms with Gasteiger partial charge in [-0.3, -0.25) is 9.59 Å². The highest BCUT2D eigenvalue weighted by Gasteiger charge is 2.26. The summed E-state index contributed by atoms with van der Waals surface area (Å²) < 4.78 is 28.8. The first-order valence-electron chi connectivity index (χ1n) is 11.8. The van der Waals surface area contributed by atoms with Crippen LogP contribution in [0.1, 0.15) is 45.1 Å². The molecule has 0 aliphatic carbocycles. The van der Waals surface area contributed by atoms with E-state index in [0.29, 0.717) is 17.5 Å². The largest absolute Gasteiger partial charge is 0.322 e. The van der Waals surface area contributed by atoms with Crippen molar-refractivity contribution in [1.82, 2.24) is 9.29 Å². The molecule has 0 bridgehead atoms. The van der Waals surface area contributed by atoms with Crippen LogP contribution >= 0.6 is 0 Å². The molecular formula is C29H30N2O4S. The lowest BCUT2D eigenvalue weighted by Gasteiger charge is -2.23. The van der Waals surface area contributed by atoms with Gasteiger partial charge in [0.1, 0.15) is 0 Å². The molecule has 186 valence electrons. The van der Waals surface area contributed by atoms with Crippen LogP contribution in [0.4, 0.5) is 0 Å². The quantitative estimate of drug-likeness (QED) is 0.340. The number of rotatable bonds is 8. The summed E-state index contributed by atoms with van der Waals surface area (Å²) in [7, 11) is -3.94. The Morgan fingerprint density at radius 3 is 2.31 bits per heavy atom. The zero-order chi connectivity index (χ0) is 26.0. The molecule has 4 aromatic rings. The van der Waals surface area contributed by atoms with Crippen LogP contribution < -0.4 is 5.56 Å². The molecule has 0 radical (unpaired) electrons. The maximum atomic E-state index is 13.7. The number of benzene rings is 3. The van der Waals surface area contributed by atoms with Crippen molar-refractivity contribution in [2.45, 2.75) is 45.6 Å². The van der Waals surface area contributed by atoms with Crippen LogP contribution in [0.5, 0.6) is 0 Å². The number of aromatic amines is 1. The number of nitrogens with one attached hydrogen (secondary N) is 1. The number of aromatic nitrogens is 1. The van der Waals surface area contributed by atoms with E-state index in [4.69, 9.17) is 0 Å². The number of H-pyrrole nitrogens is 1. The Morgan fingerprint density at radius 1 is 0.917 bits per heavy atom. The van der Waals surface area contributed by atoms with Crippen molar-refractivity contribution in [3.05, 3.63) is 110 Å². The number of carbonyl (C=O) groups is 1. The van der Waals surface area contributed by atoms with Crippen LogP contribution in [0, 0.1) is 20.8 Å². The molecular weight excluding hydrogens is 472 g/mol. The molecule has 0 fully saturated rings. The maximum Gasteiger partial charge on any atom is 0.252 e. The monoisotopic (exact) mass is 502 g/mol. The van der Waals surface area contributed by atoms with Gasteiger partial charge in [0.2, 0.25) is 10.0 Å². The zero-order valence-electron chi connectivity index (χ0n) is 21.0. The van der Waals surface area contributed by atoms with E-state index >= 15 is 0 Å². The van der Waals surface area contributed by atoms with Gasteiger partial charge >= 0.3 is 0 Å². The van der Waals surface area contributed by atoms with Crippen molar-refractivity contribution < 1.29 is 13.2 Å². The summed E-state index contributed by atoms with van der Waals surface area (Å²) in [5, 5.41) is 0.886. The SMILES string of the molecule is CC(=O)c1ccc(S(=O)(=O)N(CCc2cccc(C)c2)Cc2cc3c(C)cc(C)cc3[nH]c2=O)cc1. The lowest BCUT2D eigenvalue weighted by atomic mass is 10.0. The van der Waals surface area contributed by atoms with E-state index in [1.54, 1.807) is 6.07 Å². The number of Topliss-reactive ketones (excluding diaryl/α,β-unsaturated/α-hetero) is 1. The van der Waals surface area contributed by atoms with Gasteiger partial charge in [0.05, 0.1) is 4.90 Å². The zero-order valence-corrected chi connectivity index (χ0v) is 21.8. The third-order valence-electron chi connectivity index (χ3n) is 6.37. The highest BCUT2D eigenvalue weighted by atomic mass is 32.2. The number of carbonyl (C=O) groups excluding carboxylic acids is 1. The van der Waals surface area contributed by atoms with Crippen LogP contribution in [0.2, 0.25) is 0 Å². The first kappa shape index (κ1) is 25.5. The fourth-order valence-corrected chi connectivity index (χ4v) is 5.86. The van der Waals surface area contributed by atoms with Crippen molar-refractivity contribution in [1.29, 1.82) is 0 Å². The molecule has 0 saturated carbocycles. The first-order chi connectivity index (χ1) is 17.0. The minimum Gasteiger partial charge on any atom is -0.322 e. The Labute approximate surface area is 211 Å². The van der Waals surface area contributed by atoms with Crippen molar-refractivity contribution in [2.24, 2.45) is 0 Å². The van der Waals surface area contributed by atoms with E-state index in [0.717, 1.165) is 33.2 Å². The van der Waals surface area contributed by atoms with Gasteiger partial charge in [-0.25, -0.2) is 8.42 Å². The average Bonchev–Trinajstić information content (AvgIpc) is 2.82. The fraction of sp³-hybridized carbons (Fsp3) is 0.241. The molecule has 1 aromatic heterocycles. The molecule has 7 heteroatoms. The molecule has 0 saturated heterocycles. The molecule has 1 heterocycles. The number of hydrogen-bond acceptors (Lipinski definition) is 4. The number of sulfonamides is 1. The van der Waals surface area contributed by atoms with Crippen LogP contribution in [0.3, 0.4) is 0 Å². The van der Waals surface area contributed by atoms with Crippen molar-refractivity contribution in [3.63, 3.8) is 0 Å². The number of aryl methyl sites for hydroxylation is 3. The number of ketones is 1. The minimum atomic E-state index is -3.94. The molecule has 6 nitrogen and oxygen atoms in total. The molecule has 36 heavy (non-hydrogen) atoms. The van der Waals surface area contributed by atoms with E-state index in [2.05, 4.69) is 4.98 Å². The molecule has 4 rings (SSSR count). The number of nitrogens with zero attached hydrogens (tertiary/aromatic N) is 1. The predicted molar refractivity (Wildman–Crippen MR) is 143 cm³/mol. The van der Waals surface area contributed by atoms with Gasteiger partial charge in [0.25, 0.3) is 5.56 Å². The van der Waals surface area contributed by atoms with Crippen molar-refractivity contribution in [2.75, 3.05) is 6.54 Å². The molecule has 0 amide bonds. The van der Waals surface area contributed by atoms with E-state index in [9.17, 15) is 18.0 Å². The fourth-order valence-electron chi connectivity index (χ4n) is 4.44. The Hall–Kier alpha value is -3.55. The second-order valence-electron chi connectivity index (χ2n) is 9.32. The Bertz CT molecular complexity index is 1600. The van der Waals surface area contributed by atoms with Gasteiger partial charge in [-0.1, -0.05) is 48.0 Å². The van der Waals surface area contributed by atoms with Gasteiger partial charge in [-0.05, 0) is 75.1 Å². The number of hydrogen-bond donors (Lipinski definition) is 1. The lowest BCUT2D eigenvalue weighted by Crippen LogP contribution is -2.34. The van der Waals surface area contributed by atoms with E-state index in [-0.39, 0.29) is 29.3 Å². The summed E-state index contributed by atoms with van der Waals surface area (Å²) in [5.74, 6) is -0.136. The predicted octanol–water partition coefficient (Wildman–Crippen LogP) is 5.09. The smallest absolute Gasteiger partial charge is 0.252 e. The second kappa shape index (κ2) is 10.2. The third kappa shape index (κ3) is 5.48. The average molecular weight is 503 g/mol. The Kier molecular flexibility index (Phi) is 7.24. The highest BCUT2D eigenvalue weighted by molar-refractivity contribution is 7.89. The lowest BCUT2D eigenvalue weighted by molar-refractivity contribution is 0.101. The topological polar surface area (TPSA) is 87.3 Å². The van der Waals surface area contributed by atoms with Gasteiger partial charge < -0.3 is 4.98 Å². The van der Waals surface area contributed by atoms with Crippen molar-refractivity contribution >= 4 is 26.7 Å². The first-order valence-corrected chi connectivity index (χ1v) is 13.3. The van der Waals surface area contributed by atoms with Gasteiger partial charge in [0.15, 0.2) is 5.78 Å². The van der Waals surface area contributed by atoms with Gasteiger partial charge in [-0.2, -0.15) is 4.31 Å². The third-order valence-corrected chi connectivity index (χ3v) is 8.23. The van der Waals surface area contributed by atoms with Gasteiger partial charge in [-0.15, -0.1) is 0 Å². The second-order valence-corrected chi connectivity index (χ2v) is 11.3. The summed E-state index contributed by atoms with van der Waals surface area (Å²) in [5.41, 5.74) is 5.40. The molecule has 0 aliphatic heterocycles. The Morgan fingerprint density at radius 2 is 1.64 bits per heavy atom. The summed E-state index contributed by atoms with van der Waals surface area (Å²) in [6.07, 6.45) is 0.496. The highest BCUT2D eigenvalue weighted by Crippen LogP contribution is 2.22. The summed E-state index contributed by atoms with van der Waals surface area (Å²) in [6.45, 7) is 7.50. The van der Waals surface area contributed by atoms with Crippen LogP contribution in [-0.4, -0.2) is 30.0 Å². The molecule has 0 unspecified atom stereocenters. The molecule has 1 N–H and O–H groups in total. The summed E-state index contributed by atoms with van der Waals surface area (Å²) in [6, 6.07) is 19.6. The summed E-state index contributed by atoms with van der Waals surface area (Å²) >= 11 is 0. The van der Waals surface area contributed by atoms with Crippen LogP contribution in [0.25, 0.3) is 10.9 Å².